The lowest BCUT2D eigenvalue weighted by atomic mass is 9.97. The molecule has 1 aliphatic rings. The van der Waals surface area contributed by atoms with E-state index in [0.29, 0.717) is 12.5 Å². The number of benzene rings is 1. The van der Waals surface area contributed by atoms with Gasteiger partial charge in [-0.2, -0.15) is 0 Å². The fourth-order valence-electron chi connectivity index (χ4n) is 3.23. The quantitative estimate of drug-likeness (QED) is 0.909. The van der Waals surface area contributed by atoms with E-state index in [1.165, 1.54) is 0 Å². The van der Waals surface area contributed by atoms with Gasteiger partial charge in [0.15, 0.2) is 0 Å². The Morgan fingerprint density at radius 1 is 1.28 bits per heavy atom. The van der Waals surface area contributed by atoms with E-state index < -0.39 is 0 Å². The van der Waals surface area contributed by atoms with Crippen molar-refractivity contribution in [1.29, 1.82) is 0 Å². The second-order valence-electron chi connectivity index (χ2n) is 6.56. The van der Waals surface area contributed by atoms with E-state index in [0.717, 1.165) is 49.6 Å². The van der Waals surface area contributed by atoms with Crippen molar-refractivity contribution >= 4 is 6.03 Å². The number of urea groups is 1. The number of nitrogens with one attached hydrogen (secondary N) is 1. The average molecular weight is 342 g/mol. The van der Waals surface area contributed by atoms with Crippen molar-refractivity contribution in [1.82, 2.24) is 19.8 Å². The van der Waals surface area contributed by atoms with Crippen LogP contribution < -0.4 is 10.1 Å². The summed E-state index contributed by atoms with van der Waals surface area (Å²) in [5.41, 5.74) is 1.07. The molecule has 0 radical (unpaired) electrons. The molecule has 134 valence electrons. The van der Waals surface area contributed by atoms with E-state index in [-0.39, 0.29) is 6.03 Å². The number of imidazole rings is 1. The van der Waals surface area contributed by atoms with Crippen LogP contribution in [0.1, 0.15) is 24.2 Å². The molecule has 3 rings (SSSR count). The van der Waals surface area contributed by atoms with Crippen molar-refractivity contribution in [2.45, 2.75) is 32.9 Å². The summed E-state index contributed by atoms with van der Waals surface area (Å²) in [6.07, 6.45) is 5.95. The molecule has 2 aromatic rings. The highest BCUT2D eigenvalue weighted by molar-refractivity contribution is 5.74. The van der Waals surface area contributed by atoms with Gasteiger partial charge in [-0.15, -0.1) is 0 Å². The van der Waals surface area contributed by atoms with Crippen LogP contribution in [0.3, 0.4) is 0 Å². The van der Waals surface area contributed by atoms with Gasteiger partial charge in [0.25, 0.3) is 0 Å². The number of hydrogen-bond acceptors (Lipinski definition) is 3. The molecule has 2 amide bonds. The normalized spacial score (nSPS) is 15.2. The molecular formula is C19H26N4O2. The second-order valence-corrected chi connectivity index (χ2v) is 6.56. The summed E-state index contributed by atoms with van der Waals surface area (Å²) in [6.45, 7) is 5.19. The molecule has 0 spiro atoms. The monoisotopic (exact) mass is 342 g/mol. The van der Waals surface area contributed by atoms with Crippen LogP contribution in [0.5, 0.6) is 5.75 Å². The molecule has 1 aliphatic heterocycles. The molecule has 6 heteroatoms. The summed E-state index contributed by atoms with van der Waals surface area (Å²) in [4.78, 5) is 18.5. The number of aromatic nitrogens is 2. The lowest BCUT2D eigenvalue weighted by molar-refractivity contribution is 0.165. The van der Waals surface area contributed by atoms with Crippen molar-refractivity contribution in [2.24, 2.45) is 5.92 Å². The molecule has 2 heterocycles. The summed E-state index contributed by atoms with van der Waals surface area (Å²) < 4.78 is 7.34. The molecule has 1 saturated heterocycles. The second kappa shape index (κ2) is 8.05. The van der Waals surface area contributed by atoms with Crippen LogP contribution in [0.25, 0.3) is 0 Å². The Hall–Kier alpha value is -2.50. The number of aryl methyl sites for hydroxylation is 1. The molecule has 1 aromatic heterocycles. The minimum atomic E-state index is 0.0214. The Morgan fingerprint density at radius 3 is 2.60 bits per heavy atom. The number of carbonyl (C=O) groups excluding carboxylic acids is 1. The van der Waals surface area contributed by atoms with Crippen LogP contribution in [-0.4, -0.2) is 40.7 Å². The maximum Gasteiger partial charge on any atom is 0.317 e. The van der Waals surface area contributed by atoms with Gasteiger partial charge >= 0.3 is 6.03 Å². The summed E-state index contributed by atoms with van der Waals surface area (Å²) in [5, 5.41) is 3.01. The van der Waals surface area contributed by atoms with Crippen LogP contribution in [0.15, 0.2) is 36.7 Å². The smallest absolute Gasteiger partial charge is 0.317 e. The Balaban J connectivity index is 1.42. The minimum Gasteiger partial charge on any atom is -0.497 e. The molecule has 0 saturated carbocycles. The van der Waals surface area contributed by atoms with E-state index in [1.807, 2.05) is 48.5 Å². The third-order valence-electron chi connectivity index (χ3n) is 4.88. The van der Waals surface area contributed by atoms with Crippen molar-refractivity contribution in [3.63, 3.8) is 0 Å². The molecule has 0 aliphatic carbocycles. The number of amides is 2. The van der Waals surface area contributed by atoms with Gasteiger partial charge < -0.3 is 19.5 Å². The predicted octanol–water partition coefficient (Wildman–Crippen LogP) is 2.82. The Bertz CT molecular complexity index is 688. The number of nitrogens with zero attached hydrogens (tertiary/aromatic N) is 3. The number of hydrogen-bond donors (Lipinski definition) is 1. The molecular weight excluding hydrogens is 316 g/mol. The number of likely N-dealkylation sites (tertiary alicyclic amines) is 1. The zero-order chi connectivity index (χ0) is 17.6. The standard InChI is InChI=1S/C19H26N4O2/c1-15-20-9-12-23(15)14-17-7-10-22(11-8-17)19(24)21-13-16-3-5-18(25-2)6-4-16/h3-6,9,12,17H,7-8,10-11,13-14H2,1-2H3,(H,21,24). The fourth-order valence-corrected chi connectivity index (χ4v) is 3.23. The Morgan fingerprint density at radius 2 is 2.00 bits per heavy atom. The first-order valence-electron chi connectivity index (χ1n) is 8.79. The summed E-state index contributed by atoms with van der Waals surface area (Å²) >= 11 is 0. The predicted molar refractivity (Wildman–Crippen MR) is 96.5 cm³/mol. The van der Waals surface area contributed by atoms with Crippen LogP contribution >= 0.6 is 0 Å². The molecule has 25 heavy (non-hydrogen) atoms. The molecule has 0 unspecified atom stereocenters. The number of rotatable bonds is 5. The van der Waals surface area contributed by atoms with Gasteiger partial charge in [0, 0.05) is 38.6 Å². The summed E-state index contributed by atoms with van der Waals surface area (Å²) in [5.74, 6) is 2.49. The lowest BCUT2D eigenvalue weighted by Gasteiger charge is -2.32. The number of methoxy groups -OCH3 is 1. The SMILES string of the molecule is COc1ccc(CNC(=O)N2CCC(Cn3ccnc3C)CC2)cc1. The van der Waals surface area contributed by atoms with Gasteiger partial charge in [-0.05, 0) is 43.4 Å². The molecule has 0 bridgehead atoms. The Kier molecular flexibility index (Phi) is 5.58. The van der Waals surface area contributed by atoms with Crippen LogP contribution in [0.2, 0.25) is 0 Å². The zero-order valence-corrected chi connectivity index (χ0v) is 14.9. The van der Waals surface area contributed by atoms with E-state index in [4.69, 9.17) is 4.74 Å². The molecule has 0 atom stereocenters. The van der Waals surface area contributed by atoms with Gasteiger partial charge in [-0.25, -0.2) is 9.78 Å². The largest absolute Gasteiger partial charge is 0.497 e. The molecule has 1 N–H and O–H groups in total. The van der Waals surface area contributed by atoms with E-state index in [9.17, 15) is 4.79 Å². The first-order chi connectivity index (χ1) is 12.2. The van der Waals surface area contributed by atoms with E-state index >= 15 is 0 Å². The summed E-state index contributed by atoms with van der Waals surface area (Å²) in [6, 6.07) is 7.78. The van der Waals surface area contributed by atoms with Crippen LogP contribution in [0, 0.1) is 12.8 Å². The first kappa shape index (κ1) is 17.3. The average Bonchev–Trinajstić information content (AvgIpc) is 3.05. The van der Waals surface area contributed by atoms with Crippen molar-refractivity contribution in [3.05, 3.63) is 48.0 Å². The van der Waals surface area contributed by atoms with Crippen LogP contribution in [-0.2, 0) is 13.1 Å². The van der Waals surface area contributed by atoms with Gasteiger partial charge in [-0.1, -0.05) is 12.1 Å². The highest BCUT2D eigenvalue weighted by Gasteiger charge is 2.23. The Labute approximate surface area is 148 Å². The van der Waals surface area contributed by atoms with Crippen molar-refractivity contribution < 1.29 is 9.53 Å². The first-order valence-corrected chi connectivity index (χ1v) is 8.79. The maximum absolute atomic E-state index is 12.3. The maximum atomic E-state index is 12.3. The fraction of sp³-hybridized carbons (Fsp3) is 0.474. The molecule has 1 fully saturated rings. The van der Waals surface area contributed by atoms with Crippen LogP contribution in [0.4, 0.5) is 4.79 Å². The minimum absolute atomic E-state index is 0.0214. The van der Waals surface area contributed by atoms with E-state index in [2.05, 4.69) is 14.9 Å². The molecule has 1 aromatic carbocycles. The summed E-state index contributed by atoms with van der Waals surface area (Å²) in [7, 11) is 1.65. The molecule has 6 nitrogen and oxygen atoms in total. The number of ether oxygens (including phenoxy) is 1. The van der Waals surface area contributed by atoms with Gasteiger partial charge in [0.1, 0.15) is 11.6 Å². The van der Waals surface area contributed by atoms with Gasteiger partial charge in [0.2, 0.25) is 0 Å². The van der Waals surface area contributed by atoms with Crippen molar-refractivity contribution in [3.8, 4) is 5.75 Å². The lowest BCUT2D eigenvalue weighted by Crippen LogP contribution is -2.44. The van der Waals surface area contributed by atoms with Crippen molar-refractivity contribution in [2.75, 3.05) is 20.2 Å². The highest BCUT2D eigenvalue weighted by Crippen LogP contribution is 2.20. The highest BCUT2D eigenvalue weighted by atomic mass is 16.5. The third-order valence-corrected chi connectivity index (χ3v) is 4.88. The topological polar surface area (TPSA) is 59.4 Å². The van der Waals surface area contributed by atoms with E-state index in [1.54, 1.807) is 7.11 Å². The number of carbonyl (C=O) groups is 1. The van der Waals surface area contributed by atoms with Gasteiger partial charge in [-0.3, -0.25) is 0 Å². The van der Waals surface area contributed by atoms with Gasteiger partial charge in [0.05, 0.1) is 7.11 Å². The zero-order valence-electron chi connectivity index (χ0n) is 14.9. The number of piperidine rings is 1. The third kappa shape index (κ3) is 4.53.